The summed E-state index contributed by atoms with van der Waals surface area (Å²) in [6, 6.07) is 10.3. The van der Waals surface area contributed by atoms with E-state index in [2.05, 4.69) is 59.4 Å². The monoisotopic (exact) mass is 802 g/mol. The van der Waals surface area contributed by atoms with Gasteiger partial charge in [0.2, 0.25) is 0 Å². The van der Waals surface area contributed by atoms with E-state index >= 15 is 0 Å². The van der Waals surface area contributed by atoms with Gasteiger partial charge in [0.25, 0.3) is 0 Å². The van der Waals surface area contributed by atoms with Gasteiger partial charge in [-0.1, -0.05) is 0 Å². The average molecular weight is 803 g/mol. The predicted molar refractivity (Wildman–Crippen MR) is 222 cm³/mol. The SMILES string of the molecule is Cc1cc(N(CC(COC(C)C)OCCOCCOCC[N+](C)(C)C)CC(COC(C)C)OCCOCCN(C)C)ccc1/N=N/c1sc(C#N)c(C)c1C#N. The third-order valence-corrected chi connectivity index (χ3v) is 9.42. The van der Waals surface area contributed by atoms with Gasteiger partial charge in [0.15, 0.2) is 5.00 Å². The van der Waals surface area contributed by atoms with Crippen molar-refractivity contribution in [3.05, 3.63) is 39.8 Å². The molecule has 0 radical (unpaired) electrons. The maximum Gasteiger partial charge on any atom is 0.158 e. The van der Waals surface area contributed by atoms with E-state index in [4.69, 9.17) is 33.2 Å². The van der Waals surface area contributed by atoms with E-state index in [0.717, 1.165) is 28.8 Å². The lowest BCUT2D eigenvalue weighted by Gasteiger charge is -2.33. The molecule has 0 saturated heterocycles. The topological polar surface area (TPSA) is 143 Å². The van der Waals surface area contributed by atoms with Gasteiger partial charge < -0.3 is 47.4 Å². The van der Waals surface area contributed by atoms with Gasteiger partial charge in [-0.15, -0.1) is 21.6 Å². The van der Waals surface area contributed by atoms with Crippen LogP contribution in [0.3, 0.4) is 0 Å². The van der Waals surface area contributed by atoms with Gasteiger partial charge in [0, 0.05) is 25.3 Å². The number of rotatable bonds is 30. The van der Waals surface area contributed by atoms with Crippen LogP contribution in [0.15, 0.2) is 28.4 Å². The zero-order valence-corrected chi connectivity index (χ0v) is 36.7. The van der Waals surface area contributed by atoms with E-state index in [1.807, 2.05) is 60.8 Å². The van der Waals surface area contributed by atoms with Crippen molar-refractivity contribution in [1.29, 1.82) is 10.5 Å². The number of nitrogens with zero attached hydrogens (tertiary/aromatic N) is 7. The molecular formula is C41H68N7O7S+. The van der Waals surface area contributed by atoms with Crippen LogP contribution in [-0.4, -0.2) is 161 Å². The molecule has 0 amide bonds. The number of quaternary nitrogens is 1. The van der Waals surface area contributed by atoms with Crippen LogP contribution in [0.5, 0.6) is 0 Å². The van der Waals surface area contributed by atoms with Gasteiger partial charge in [-0.05, 0) is 85.0 Å². The highest BCUT2D eigenvalue weighted by atomic mass is 32.1. The van der Waals surface area contributed by atoms with Gasteiger partial charge in [0.1, 0.15) is 23.6 Å². The highest BCUT2D eigenvalue weighted by molar-refractivity contribution is 7.16. The minimum absolute atomic E-state index is 0.0301. The van der Waals surface area contributed by atoms with Gasteiger partial charge >= 0.3 is 0 Å². The number of nitriles is 2. The van der Waals surface area contributed by atoms with E-state index in [0.29, 0.717) is 106 Å². The van der Waals surface area contributed by atoms with Crippen molar-refractivity contribution >= 4 is 27.7 Å². The first-order valence-electron chi connectivity index (χ1n) is 19.5. The second kappa shape index (κ2) is 26.8. The number of thiophene rings is 1. The Labute approximate surface area is 340 Å². The molecule has 14 nitrogen and oxygen atoms in total. The summed E-state index contributed by atoms with van der Waals surface area (Å²) in [5, 5.41) is 28.4. The smallest absolute Gasteiger partial charge is 0.158 e. The molecule has 0 aliphatic heterocycles. The molecule has 0 N–H and O–H groups in total. The molecule has 1 heterocycles. The Morgan fingerprint density at radius 3 is 1.79 bits per heavy atom. The first kappa shape index (κ1) is 49.1. The van der Waals surface area contributed by atoms with Crippen molar-refractivity contribution in [2.24, 2.45) is 10.2 Å². The largest absolute Gasteiger partial charge is 0.378 e. The van der Waals surface area contributed by atoms with Crippen LogP contribution in [0.2, 0.25) is 0 Å². The maximum absolute atomic E-state index is 9.67. The van der Waals surface area contributed by atoms with Crippen molar-refractivity contribution in [2.75, 3.05) is 132 Å². The fourth-order valence-electron chi connectivity index (χ4n) is 5.10. The van der Waals surface area contributed by atoms with Crippen LogP contribution in [-0.2, 0) is 33.2 Å². The number of hydrogen-bond acceptors (Lipinski definition) is 14. The Balaban J connectivity index is 2.29. The summed E-state index contributed by atoms with van der Waals surface area (Å²) in [6.45, 7) is 19.5. The highest BCUT2D eigenvalue weighted by Crippen LogP contribution is 2.36. The number of hydrogen-bond donors (Lipinski definition) is 0. The number of aryl methyl sites for hydroxylation is 1. The molecule has 314 valence electrons. The molecule has 2 atom stereocenters. The number of ether oxygens (including phenoxy) is 7. The van der Waals surface area contributed by atoms with E-state index in [1.54, 1.807) is 6.92 Å². The number of azo groups is 1. The predicted octanol–water partition coefficient (Wildman–Crippen LogP) is 6.27. The van der Waals surface area contributed by atoms with E-state index < -0.39 is 0 Å². The molecule has 1 aromatic carbocycles. The molecule has 2 rings (SSSR count). The van der Waals surface area contributed by atoms with Gasteiger partial charge in [-0.25, -0.2) is 0 Å². The summed E-state index contributed by atoms with van der Waals surface area (Å²) in [4.78, 5) is 4.78. The molecule has 2 unspecified atom stereocenters. The van der Waals surface area contributed by atoms with Crippen molar-refractivity contribution in [3.8, 4) is 12.1 Å². The normalized spacial score (nSPS) is 13.2. The lowest BCUT2D eigenvalue weighted by Crippen LogP contribution is -2.44. The summed E-state index contributed by atoms with van der Waals surface area (Å²) < 4.78 is 43.2. The summed E-state index contributed by atoms with van der Waals surface area (Å²) in [6.07, 6.45) is -0.470. The molecule has 0 saturated carbocycles. The quantitative estimate of drug-likeness (QED) is 0.0501. The van der Waals surface area contributed by atoms with Crippen LogP contribution >= 0.6 is 11.3 Å². The molecule has 0 bridgehead atoms. The third-order valence-electron chi connectivity index (χ3n) is 8.34. The third kappa shape index (κ3) is 20.4. The minimum atomic E-state index is -0.275. The molecule has 1 aromatic heterocycles. The first-order chi connectivity index (χ1) is 26.6. The van der Waals surface area contributed by atoms with Gasteiger partial charge in [-0.3, -0.25) is 0 Å². The molecular weight excluding hydrogens is 735 g/mol. The Bertz CT molecular complexity index is 1520. The minimum Gasteiger partial charge on any atom is -0.378 e. The highest BCUT2D eigenvalue weighted by Gasteiger charge is 2.23. The zero-order valence-electron chi connectivity index (χ0n) is 35.8. The van der Waals surface area contributed by atoms with Crippen LogP contribution < -0.4 is 4.90 Å². The first-order valence-corrected chi connectivity index (χ1v) is 20.3. The van der Waals surface area contributed by atoms with Crippen molar-refractivity contribution in [2.45, 2.75) is 66.0 Å². The van der Waals surface area contributed by atoms with E-state index in [-0.39, 0.29) is 24.4 Å². The number of benzene rings is 1. The lowest BCUT2D eigenvalue weighted by atomic mass is 10.1. The van der Waals surface area contributed by atoms with Crippen molar-refractivity contribution in [1.82, 2.24) is 4.90 Å². The zero-order chi connectivity index (χ0) is 41.5. The lowest BCUT2D eigenvalue weighted by molar-refractivity contribution is -0.870. The van der Waals surface area contributed by atoms with E-state index in [9.17, 15) is 10.5 Å². The van der Waals surface area contributed by atoms with Crippen LogP contribution in [0.4, 0.5) is 16.4 Å². The second-order valence-corrected chi connectivity index (χ2v) is 16.4. The summed E-state index contributed by atoms with van der Waals surface area (Å²) in [5.74, 6) is 0. The Hall–Kier alpha value is -3.06. The van der Waals surface area contributed by atoms with Gasteiger partial charge in [-0.2, -0.15) is 10.5 Å². The van der Waals surface area contributed by atoms with Crippen LogP contribution in [0, 0.1) is 36.5 Å². The fraction of sp³-hybridized carbons (Fsp3) is 0.707. The molecule has 0 aliphatic rings. The van der Waals surface area contributed by atoms with Crippen LogP contribution in [0.25, 0.3) is 0 Å². The standard InChI is InChI=1S/C41H68N7O7S/c1-31(2)54-29-36(52-22-20-49-16-14-46(7)8)27-47(28-37(30-55-32(3)4)53-23-21-51-19-18-50-17-15-48(9,10)11)35-12-13-39(33(5)24-35)44-45-41-38(25-42)34(6)40(26-43)56-41/h12-13,24,31-32,36-37H,14-23,27-30H2,1-11H3/q+1/b45-44+. The second-order valence-electron chi connectivity index (χ2n) is 15.4. The van der Waals surface area contributed by atoms with Gasteiger partial charge in [0.05, 0.1) is 123 Å². The number of likely N-dealkylation sites (N-methyl/N-ethyl adjacent to an activating group) is 2. The Kier molecular flexibility index (Phi) is 23.5. The maximum atomic E-state index is 9.67. The molecule has 0 aliphatic carbocycles. The number of anilines is 1. The van der Waals surface area contributed by atoms with Crippen LogP contribution in [0.1, 0.15) is 49.3 Å². The molecule has 15 heteroatoms. The molecule has 0 spiro atoms. The summed E-state index contributed by atoms with van der Waals surface area (Å²) >= 11 is 1.17. The Morgan fingerprint density at radius 1 is 0.732 bits per heavy atom. The summed E-state index contributed by atoms with van der Waals surface area (Å²) in [7, 11) is 10.5. The average Bonchev–Trinajstić information content (AvgIpc) is 3.45. The molecule has 56 heavy (non-hydrogen) atoms. The van der Waals surface area contributed by atoms with Crippen molar-refractivity contribution < 1.29 is 37.6 Å². The van der Waals surface area contributed by atoms with Crippen molar-refractivity contribution in [3.63, 3.8) is 0 Å². The summed E-state index contributed by atoms with van der Waals surface area (Å²) in [5.41, 5.74) is 3.49. The molecule has 0 fully saturated rings. The fourth-order valence-corrected chi connectivity index (χ4v) is 5.97. The molecule has 2 aromatic rings. The Morgan fingerprint density at radius 2 is 1.29 bits per heavy atom. The van der Waals surface area contributed by atoms with E-state index in [1.165, 1.54) is 11.3 Å².